The number of hydrogen-bond acceptors (Lipinski definition) is 5. The SMILES string of the molecule is CCOC(=O)CCNC(=O)c1cc(Oc2c(Br)cc(CPC)cc2Br)ccc1O. The highest BCUT2D eigenvalue weighted by Gasteiger charge is 2.15. The molecule has 0 radical (unpaired) electrons. The molecule has 0 aliphatic heterocycles. The lowest BCUT2D eigenvalue weighted by Crippen LogP contribution is -2.26. The standard InChI is InChI=1S/C20H22Br2NO5P/c1-3-27-18(25)6-7-23-20(26)14-10-13(4-5-17(14)24)28-19-15(21)8-12(11-29-2)9-16(19)22/h4-5,8-10,24,29H,3,6-7,11H2,1-2H3,(H,23,26). The molecule has 0 aliphatic rings. The van der Waals surface area contributed by atoms with Crippen molar-refractivity contribution in [3.63, 3.8) is 0 Å². The molecular formula is C20H22Br2NO5P. The Balaban J connectivity index is 2.13. The number of benzene rings is 2. The molecule has 2 N–H and O–H groups in total. The molecule has 156 valence electrons. The summed E-state index contributed by atoms with van der Waals surface area (Å²) in [5, 5.41) is 12.6. The molecule has 0 aliphatic carbocycles. The van der Waals surface area contributed by atoms with Crippen molar-refractivity contribution in [2.75, 3.05) is 19.8 Å². The summed E-state index contributed by atoms with van der Waals surface area (Å²) in [6.45, 7) is 4.26. The van der Waals surface area contributed by atoms with Crippen molar-refractivity contribution in [3.05, 3.63) is 50.4 Å². The van der Waals surface area contributed by atoms with Gasteiger partial charge >= 0.3 is 5.97 Å². The van der Waals surface area contributed by atoms with Gasteiger partial charge in [-0.05, 0) is 87.5 Å². The number of amides is 1. The van der Waals surface area contributed by atoms with Crippen LogP contribution in [0.5, 0.6) is 17.2 Å². The molecule has 0 spiro atoms. The van der Waals surface area contributed by atoms with E-state index in [1.807, 2.05) is 12.1 Å². The first kappa shape index (κ1) is 23.6. The van der Waals surface area contributed by atoms with Gasteiger partial charge in [-0.15, -0.1) is 8.58 Å². The molecule has 2 rings (SSSR count). The fourth-order valence-electron chi connectivity index (χ4n) is 2.50. The van der Waals surface area contributed by atoms with Crippen molar-refractivity contribution in [1.82, 2.24) is 5.32 Å². The third kappa shape index (κ3) is 6.98. The molecule has 6 nitrogen and oxygen atoms in total. The Morgan fingerprint density at radius 3 is 2.48 bits per heavy atom. The largest absolute Gasteiger partial charge is 0.507 e. The van der Waals surface area contributed by atoms with Crippen LogP contribution in [0, 0.1) is 0 Å². The lowest BCUT2D eigenvalue weighted by atomic mass is 10.1. The number of carbonyl (C=O) groups is 2. The fraction of sp³-hybridized carbons (Fsp3) is 0.300. The Labute approximate surface area is 188 Å². The highest BCUT2D eigenvalue weighted by molar-refractivity contribution is 9.11. The van der Waals surface area contributed by atoms with Crippen molar-refractivity contribution >= 4 is 52.3 Å². The summed E-state index contributed by atoms with van der Waals surface area (Å²) >= 11 is 7.05. The van der Waals surface area contributed by atoms with E-state index in [0.29, 0.717) is 11.5 Å². The minimum Gasteiger partial charge on any atom is -0.507 e. The summed E-state index contributed by atoms with van der Waals surface area (Å²) in [4.78, 5) is 23.7. The second kappa shape index (κ2) is 11.5. The van der Waals surface area contributed by atoms with Crippen LogP contribution < -0.4 is 10.1 Å². The summed E-state index contributed by atoms with van der Waals surface area (Å²) in [6, 6.07) is 8.42. The fourth-order valence-corrected chi connectivity index (χ4v) is 4.56. The van der Waals surface area contributed by atoms with Gasteiger partial charge in [-0.25, -0.2) is 0 Å². The van der Waals surface area contributed by atoms with Gasteiger partial charge < -0.3 is 19.9 Å². The van der Waals surface area contributed by atoms with Gasteiger partial charge in [-0.1, -0.05) is 0 Å². The van der Waals surface area contributed by atoms with Crippen molar-refractivity contribution in [1.29, 1.82) is 0 Å². The normalized spacial score (nSPS) is 10.9. The number of hydrogen-bond donors (Lipinski definition) is 2. The lowest BCUT2D eigenvalue weighted by molar-refractivity contribution is -0.142. The van der Waals surface area contributed by atoms with Gasteiger partial charge in [0.15, 0.2) is 5.75 Å². The summed E-state index contributed by atoms with van der Waals surface area (Å²) in [7, 11) is 0.806. The van der Waals surface area contributed by atoms with Crippen LogP contribution in [0.4, 0.5) is 0 Å². The molecule has 0 bridgehead atoms. The Bertz CT molecular complexity index is 868. The molecule has 1 unspecified atom stereocenters. The van der Waals surface area contributed by atoms with Crippen LogP contribution >= 0.6 is 40.4 Å². The highest BCUT2D eigenvalue weighted by Crippen LogP contribution is 2.39. The number of aromatic hydroxyl groups is 1. The van der Waals surface area contributed by atoms with E-state index in [4.69, 9.17) is 9.47 Å². The van der Waals surface area contributed by atoms with E-state index in [-0.39, 0.29) is 30.9 Å². The van der Waals surface area contributed by atoms with Crippen LogP contribution in [0.3, 0.4) is 0 Å². The van der Waals surface area contributed by atoms with Crippen LogP contribution in [0.1, 0.15) is 29.3 Å². The average molecular weight is 547 g/mol. The number of phenolic OH excluding ortho intramolecular Hbond substituents is 1. The van der Waals surface area contributed by atoms with E-state index in [1.54, 1.807) is 13.0 Å². The second-order valence-corrected chi connectivity index (χ2v) is 8.78. The maximum atomic E-state index is 12.4. The van der Waals surface area contributed by atoms with Crippen LogP contribution in [0.15, 0.2) is 39.3 Å². The summed E-state index contributed by atoms with van der Waals surface area (Å²) in [6.07, 6.45) is 1.04. The van der Waals surface area contributed by atoms with Gasteiger partial charge in [-0.3, -0.25) is 9.59 Å². The maximum absolute atomic E-state index is 12.4. The monoisotopic (exact) mass is 545 g/mol. The minimum atomic E-state index is -0.505. The van der Waals surface area contributed by atoms with Crippen LogP contribution in [0.25, 0.3) is 0 Å². The third-order valence-corrected chi connectivity index (χ3v) is 5.73. The molecule has 0 heterocycles. The molecule has 9 heteroatoms. The second-order valence-electron chi connectivity index (χ2n) is 6.01. The number of ether oxygens (including phenoxy) is 2. The van der Waals surface area contributed by atoms with E-state index >= 15 is 0 Å². The van der Waals surface area contributed by atoms with Crippen LogP contribution in [-0.4, -0.2) is 36.8 Å². The Morgan fingerprint density at radius 2 is 1.86 bits per heavy atom. The summed E-state index contributed by atoms with van der Waals surface area (Å²) in [5.74, 6) is -0.105. The number of rotatable bonds is 9. The molecule has 1 amide bonds. The molecule has 2 aromatic carbocycles. The number of carbonyl (C=O) groups excluding carboxylic acids is 2. The van der Waals surface area contributed by atoms with Crippen molar-refractivity contribution < 1.29 is 24.2 Å². The van der Waals surface area contributed by atoms with Gasteiger partial charge in [-0.2, -0.15) is 0 Å². The van der Waals surface area contributed by atoms with Gasteiger partial charge in [0.1, 0.15) is 11.5 Å². The van der Waals surface area contributed by atoms with E-state index in [0.717, 1.165) is 23.7 Å². The maximum Gasteiger partial charge on any atom is 0.307 e. The first-order chi connectivity index (χ1) is 13.8. The highest BCUT2D eigenvalue weighted by atomic mass is 79.9. The van der Waals surface area contributed by atoms with Gasteiger partial charge in [0.2, 0.25) is 0 Å². The zero-order valence-electron chi connectivity index (χ0n) is 16.1. The van der Waals surface area contributed by atoms with Crippen LogP contribution in [-0.2, 0) is 15.7 Å². The zero-order valence-corrected chi connectivity index (χ0v) is 20.2. The number of nitrogens with one attached hydrogen (secondary N) is 1. The van der Waals surface area contributed by atoms with Crippen molar-refractivity contribution in [2.45, 2.75) is 19.5 Å². The molecule has 0 saturated heterocycles. The minimum absolute atomic E-state index is 0.0567. The molecule has 1 atom stereocenters. The number of halogens is 2. The quantitative estimate of drug-likeness (QED) is 0.333. The Morgan fingerprint density at radius 1 is 1.17 bits per heavy atom. The topological polar surface area (TPSA) is 84.9 Å². The molecule has 29 heavy (non-hydrogen) atoms. The number of phenols is 1. The van der Waals surface area contributed by atoms with Crippen molar-refractivity contribution in [2.24, 2.45) is 0 Å². The summed E-state index contributed by atoms with van der Waals surface area (Å²) < 4.78 is 12.3. The lowest BCUT2D eigenvalue weighted by Gasteiger charge is -2.13. The van der Waals surface area contributed by atoms with Gasteiger partial charge in [0, 0.05) is 6.54 Å². The Hall–Kier alpha value is -1.63. The van der Waals surface area contributed by atoms with Gasteiger partial charge in [0.25, 0.3) is 5.91 Å². The molecule has 0 saturated carbocycles. The number of esters is 1. The summed E-state index contributed by atoms with van der Waals surface area (Å²) in [5.41, 5.74) is 1.24. The molecule has 0 fully saturated rings. The smallest absolute Gasteiger partial charge is 0.307 e. The van der Waals surface area contributed by atoms with E-state index in [9.17, 15) is 14.7 Å². The first-order valence-corrected chi connectivity index (χ1v) is 12.2. The Kier molecular flexibility index (Phi) is 9.40. The van der Waals surface area contributed by atoms with Crippen molar-refractivity contribution in [3.8, 4) is 17.2 Å². The van der Waals surface area contributed by atoms with E-state index < -0.39 is 11.9 Å². The van der Waals surface area contributed by atoms with E-state index in [2.05, 4.69) is 43.8 Å². The molecule has 2 aromatic rings. The van der Waals surface area contributed by atoms with Crippen LogP contribution in [0.2, 0.25) is 0 Å². The molecular weight excluding hydrogens is 525 g/mol. The predicted octanol–water partition coefficient (Wildman–Crippen LogP) is 5.20. The zero-order chi connectivity index (χ0) is 21.4. The average Bonchev–Trinajstić information content (AvgIpc) is 2.66. The predicted molar refractivity (Wildman–Crippen MR) is 122 cm³/mol. The van der Waals surface area contributed by atoms with Gasteiger partial charge in [0.05, 0.1) is 27.5 Å². The van der Waals surface area contributed by atoms with E-state index in [1.165, 1.54) is 17.7 Å². The third-order valence-electron chi connectivity index (χ3n) is 3.79. The molecule has 0 aromatic heterocycles. The first-order valence-electron chi connectivity index (χ1n) is 8.92.